The van der Waals surface area contributed by atoms with Gasteiger partial charge in [0.25, 0.3) is 0 Å². The van der Waals surface area contributed by atoms with Gasteiger partial charge in [0.1, 0.15) is 5.28 Å². The van der Waals surface area contributed by atoms with Gasteiger partial charge in [-0.2, -0.15) is 0 Å². The SMILES string of the molecule is CC(C)(NC(=O)[C@@H]1CCCN1)P(=O)(O)O. The van der Waals surface area contributed by atoms with Crippen LogP contribution < -0.4 is 10.6 Å². The fourth-order valence-electron chi connectivity index (χ4n) is 1.37. The Balaban J connectivity index is 2.61. The number of amides is 1. The van der Waals surface area contributed by atoms with Crippen molar-refractivity contribution in [2.75, 3.05) is 6.54 Å². The van der Waals surface area contributed by atoms with Crippen LogP contribution in [0.1, 0.15) is 26.7 Å². The van der Waals surface area contributed by atoms with E-state index in [9.17, 15) is 9.36 Å². The van der Waals surface area contributed by atoms with E-state index in [0.29, 0.717) is 6.42 Å². The fraction of sp³-hybridized carbons (Fsp3) is 0.875. The molecule has 1 rings (SSSR count). The van der Waals surface area contributed by atoms with E-state index in [1.165, 1.54) is 13.8 Å². The van der Waals surface area contributed by atoms with Crippen LogP contribution in [-0.2, 0) is 9.36 Å². The summed E-state index contributed by atoms with van der Waals surface area (Å²) >= 11 is 0. The van der Waals surface area contributed by atoms with Crippen molar-refractivity contribution in [3.63, 3.8) is 0 Å². The normalized spacial score (nSPS) is 22.8. The molecule has 0 radical (unpaired) electrons. The van der Waals surface area contributed by atoms with Gasteiger partial charge in [-0.25, -0.2) is 0 Å². The van der Waals surface area contributed by atoms with Crippen LogP contribution in [0.4, 0.5) is 0 Å². The zero-order valence-corrected chi connectivity index (χ0v) is 9.75. The molecule has 7 heteroatoms. The first-order chi connectivity index (χ1) is 6.74. The van der Waals surface area contributed by atoms with Crippen LogP contribution in [0.15, 0.2) is 0 Å². The molecule has 0 spiro atoms. The third kappa shape index (κ3) is 3.01. The summed E-state index contributed by atoms with van der Waals surface area (Å²) in [6, 6.07) is -0.323. The lowest BCUT2D eigenvalue weighted by Crippen LogP contribution is -2.50. The van der Waals surface area contributed by atoms with Crippen molar-refractivity contribution in [1.82, 2.24) is 10.6 Å². The van der Waals surface area contributed by atoms with Crippen molar-refractivity contribution in [1.29, 1.82) is 0 Å². The molecule has 15 heavy (non-hydrogen) atoms. The van der Waals surface area contributed by atoms with Crippen LogP contribution in [0.5, 0.6) is 0 Å². The third-order valence-corrected chi connectivity index (χ3v) is 4.10. The molecule has 0 aromatic rings. The molecule has 0 saturated carbocycles. The van der Waals surface area contributed by atoms with Gasteiger partial charge in [0, 0.05) is 0 Å². The molecule has 0 bridgehead atoms. The second-order valence-electron chi connectivity index (χ2n) is 4.24. The summed E-state index contributed by atoms with van der Waals surface area (Å²) in [6.45, 7) is 3.41. The Kier molecular flexibility index (Phi) is 3.55. The first-order valence-electron chi connectivity index (χ1n) is 4.85. The quantitative estimate of drug-likeness (QED) is 0.507. The lowest BCUT2D eigenvalue weighted by Gasteiger charge is -2.28. The van der Waals surface area contributed by atoms with E-state index in [1.54, 1.807) is 0 Å². The van der Waals surface area contributed by atoms with Gasteiger partial charge < -0.3 is 20.4 Å². The number of carbonyl (C=O) groups is 1. The van der Waals surface area contributed by atoms with E-state index in [0.717, 1.165) is 13.0 Å². The number of hydrogen-bond donors (Lipinski definition) is 4. The predicted octanol–water partition coefficient (Wildman–Crippen LogP) is -0.232. The molecule has 1 saturated heterocycles. The molecule has 6 nitrogen and oxygen atoms in total. The third-order valence-electron chi connectivity index (χ3n) is 2.53. The van der Waals surface area contributed by atoms with E-state index in [2.05, 4.69) is 10.6 Å². The van der Waals surface area contributed by atoms with Crippen LogP contribution in [0, 0.1) is 0 Å². The molecule has 1 amide bonds. The summed E-state index contributed by atoms with van der Waals surface area (Å²) in [5.41, 5.74) is 0. The van der Waals surface area contributed by atoms with Crippen LogP contribution in [0.3, 0.4) is 0 Å². The van der Waals surface area contributed by atoms with Crippen molar-refractivity contribution < 1.29 is 19.1 Å². The number of hydrogen-bond acceptors (Lipinski definition) is 3. The Morgan fingerprint density at radius 1 is 1.53 bits per heavy atom. The molecular weight excluding hydrogens is 219 g/mol. The smallest absolute Gasteiger partial charge is 0.339 e. The second kappa shape index (κ2) is 4.22. The van der Waals surface area contributed by atoms with Gasteiger partial charge >= 0.3 is 7.60 Å². The summed E-state index contributed by atoms with van der Waals surface area (Å²) in [7, 11) is -4.32. The summed E-state index contributed by atoms with van der Waals surface area (Å²) in [5, 5.41) is 3.83. The Morgan fingerprint density at radius 2 is 2.13 bits per heavy atom. The van der Waals surface area contributed by atoms with Gasteiger partial charge in [-0.3, -0.25) is 9.36 Å². The monoisotopic (exact) mass is 236 g/mol. The average molecular weight is 236 g/mol. The fourth-order valence-corrected chi connectivity index (χ4v) is 1.63. The van der Waals surface area contributed by atoms with Gasteiger partial charge in [0.05, 0.1) is 6.04 Å². The second-order valence-corrected chi connectivity index (χ2v) is 6.45. The Morgan fingerprint density at radius 3 is 2.53 bits per heavy atom. The number of rotatable bonds is 3. The first-order valence-corrected chi connectivity index (χ1v) is 6.46. The maximum absolute atomic E-state index is 11.6. The molecule has 1 aliphatic heterocycles. The first kappa shape index (κ1) is 12.6. The largest absolute Gasteiger partial charge is 0.350 e. The van der Waals surface area contributed by atoms with E-state index >= 15 is 0 Å². The highest BCUT2D eigenvalue weighted by Crippen LogP contribution is 2.48. The highest BCUT2D eigenvalue weighted by Gasteiger charge is 2.40. The molecule has 1 aliphatic rings. The lowest BCUT2D eigenvalue weighted by molar-refractivity contribution is -0.123. The Hall–Kier alpha value is -0.420. The van der Waals surface area contributed by atoms with E-state index in [1.807, 2.05) is 0 Å². The standard InChI is InChI=1S/C8H17N2O4P/c1-8(2,15(12,13)14)10-7(11)6-4-3-5-9-6/h6,9H,3-5H2,1-2H3,(H,10,11)(H2,12,13,14)/t6-/m0/s1. The molecule has 88 valence electrons. The zero-order valence-electron chi connectivity index (χ0n) is 8.86. The molecular formula is C8H17N2O4P. The van der Waals surface area contributed by atoms with Crippen molar-refractivity contribution in [3.8, 4) is 0 Å². The summed E-state index contributed by atoms with van der Waals surface area (Å²) in [4.78, 5) is 29.6. The van der Waals surface area contributed by atoms with Crippen molar-refractivity contribution in [2.24, 2.45) is 0 Å². The average Bonchev–Trinajstić information content (AvgIpc) is 2.51. The van der Waals surface area contributed by atoms with Gasteiger partial charge in [-0.15, -0.1) is 0 Å². The summed E-state index contributed by atoms with van der Waals surface area (Å²) < 4.78 is 11.1. The van der Waals surface area contributed by atoms with Crippen LogP contribution in [0.25, 0.3) is 0 Å². The van der Waals surface area contributed by atoms with Gasteiger partial charge in [-0.1, -0.05) is 0 Å². The molecule has 0 aromatic carbocycles. The van der Waals surface area contributed by atoms with E-state index in [4.69, 9.17) is 9.79 Å². The minimum atomic E-state index is -4.32. The summed E-state index contributed by atoms with van der Waals surface area (Å²) in [6.07, 6.45) is 1.62. The van der Waals surface area contributed by atoms with Gasteiger partial charge in [-0.05, 0) is 33.2 Å². The van der Waals surface area contributed by atoms with Crippen LogP contribution in [0.2, 0.25) is 0 Å². The molecule has 0 aliphatic carbocycles. The van der Waals surface area contributed by atoms with Crippen molar-refractivity contribution in [3.05, 3.63) is 0 Å². The van der Waals surface area contributed by atoms with Crippen LogP contribution >= 0.6 is 7.60 Å². The molecule has 4 N–H and O–H groups in total. The highest BCUT2D eigenvalue weighted by atomic mass is 31.2. The molecule has 0 aromatic heterocycles. The number of nitrogens with one attached hydrogen (secondary N) is 2. The zero-order chi connectivity index (χ0) is 11.7. The number of carbonyl (C=O) groups excluding carboxylic acids is 1. The highest BCUT2D eigenvalue weighted by molar-refractivity contribution is 7.53. The molecule has 0 unspecified atom stereocenters. The maximum atomic E-state index is 11.6. The molecule has 1 fully saturated rings. The Bertz CT molecular complexity index is 293. The van der Waals surface area contributed by atoms with Gasteiger partial charge in [0.15, 0.2) is 0 Å². The van der Waals surface area contributed by atoms with E-state index < -0.39 is 12.9 Å². The maximum Gasteiger partial charge on any atom is 0.350 e. The van der Waals surface area contributed by atoms with Crippen LogP contribution in [-0.4, -0.2) is 33.6 Å². The lowest BCUT2D eigenvalue weighted by atomic mass is 10.2. The topological polar surface area (TPSA) is 98.7 Å². The van der Waals surface area contributed by atoms with Crippen molar-refractivity contribution in [2.45, 2.75) is 38.0 Å². The van der Waals surface area contributed by atoms with E-state index in [-0.39, 0.29) is 11.9 Å². The molecule has 1 heterocycles. The van der Waals surface area contributed by atoms with Crippen molar-refractivity contribution >= 4 is 13.5 Å². The summed E-state index contributed by atoms with van der Waals surface area (Å²) in [5.74, 6) is -0.346. The molecule has 1 atom stereocenters. The minimum Gasteiger partial charge on any atom is -0.339 e. The Labute approximate surface area is 88.6 Å². The van der Waals surface area contributed by atoms with Gasteiger partial charge in [0.2, 0.25) is 5.91 Å². The minimum absolute atomic E-state index is 0.323. The predicted molar refractivity (Wildman–Crippen MR) is 55.3 cm³/mol.